The molecular weight excluding hydrogens is 414 g/mol. The lowest BCUT2D eigenvalue weighted by Gasteiger charge is -2.43. The van der Waals surface area contributed by atoms with Gasteiger partial charge >= 0.3 is 6.03 Å². The third kappa shape index (κ3) is 3.23. The maximum atomic E-state index is 14.7. The number of piperazine rings is 1. The summed E-state index contributed by atoms with van der Waals surface area (Å²) in [4.78, 5) is 25.9. The Kier molecular flexibility index (Phi) is 4.72. The van der Waals surface area contributed by atoms with Crippen LogP contribution in [0.2, 0.25) is 5.02 Å². The average Bonchev–Trinajstić information content (AvgIpc) is 3.22. The third-order valence-electron chi connectivity index (χ3n) is 6.43. The minimum absolute atomic E-state index is 0.0531. The van der Waals surface area contributed by atoms with Crippen LogP contribution in [0.25, 0.3) is 0 Å². The number of halogens is 5. The van der Waals surface area contributed by atoms with E-state index < -0.39 is 52.0 Å². The molecule has 2 saturated carbocycles. The maximum absolute atomic E-state index is 14.7. The van der Waals surface area contributed by atoms with Crippen molar-refractivity contribution < 1.29 is 27.2 Å². The number of rotatable bonds is 3. The number of alkyl halides is 2. The predicted molar refractivity (Wildman–Crippen MR) is 96.5 cm³/mol. The van der Waals surface area contributed by atoms with Gasteiger partial charge in [0, 0.05) is 30.5 Å². The summed E-state index contributed by atoms with van der Waals surface area (Å²) in [5, 5.41) is 4.60. The van der Waals surface area contributed by atoms with E-state index in [9.17, 15) is 27.2 Å². The number of hydrogen-bond donors (Lipinski definition) is 2. The molecule has 1 aliphatic heterocycles. The number of nitrogens with zero attached hydrogens (tertiary/aromatic N) is 1. The van der Waals surface area contributed by atoms with Gasteiger partial charge in [-0.15, -0.1) is 0 Å². The summed E-state index contributed by atoms with van der Waals surface area (Å²) in [7, 11) is 0. The van der Waals surface area contributed by atoms with Gasteiger partial charge in [0.1, 0.15) is 22.7 Å². The highest BCUT2D eigenvalue weighted by Crippen LogP contribution is 2.74. The Labute approximate surface area is 169 Å². The van der Waals surface area contributed by atoms with Crippen LogP contribution in [0.1, 0.15) is 37.8 Å². The summed E-state index contributed by atoms with van der Waals surface area (Å²) in [6.45, 7) is 2.09. The Hall–Kier alpha value is -2.03. The van der Waals surface area contributed by atoms with Gasteiger partial charge in [0.2, 0.25) is 5.91 Å². The van der Waals surface area contributed by atoms with Crippen molar-refractivity contribution in [2.75, 3.05) is 13.1 Å². The first-order valence-corrected chi connectivity index (χ1v) is 9.80. The largest absolute Gasteiger partial charge is 0.353 e. The monoisotopic (exact) mass is 433 g/mol. The Bertz CT molecular complexity index is 875. The van der Waals surface area contributed by atoms with Gasteiger partial charge in [-0.3, -0.25) is 4.79 Å². The Morgan fingerprint density at radius 1 is 1.34 bits per heavy atom. The van der Waals surface area contributed by atoms with E-state index in [-0.39, 0.29) is 43.8 Å². The van der Waals surface area contributed by atoms with Crippen LogP contribution in [0.15, 0.2) is 12.1 Å². The quantitative estimate of drug-likeness (QED) is 0.565. The fourth-order valence-electron chi connectivity index (χ4n) is 4.51. The molecule has 1 aromatic rings. The summed E-state index contributed by atoms with van der Waals surface area (Å²) in [5.41, 5.74) is -1.14. The average molecular weight is 434 g/mol. The molecule has 3 amide bonds. The predicted octanol–water partition coefficient (Wildman–Crippen LogP) is 3.62. The zero-order chi connectivity index (χ0) is 21.1. The first kappa shape index (κ1) is 20.3. The molecule has 3 aliphatic rings. The van der Waals surface area contributed by atoms with E-state index >= 15 is 0 Å². The van der Waals surface area contributed by atoms with Crippen molar-refractivity contribution in [3.63, 3.8) is 0 Å². The highest BCUT2D eigenvalue weighted by atomic mass is 35.5. The number of nitrogens with one attached hydrogen (secondary N) is 2. The van der Waals surface area contributed by atoms with Crippen LogP contribution >= 0.6 is 11.6 Å². The molecule has 158 valence electrons. The molecule has 1 spiro atoms. The van der Waals surface area contributed by atoms with Crippen molar-refractivity contribution in [3.05, 3.63) is 34.4 Å². The van der Waals surface area contributed by atoms with E-state index in [2.05, 4.69) is 10.6 Å². The molecule has 0 bridgehead atoms. The van der Waals surface area contributed by atoms with Crippen LogP contribution in [-0.2, 0) is 4.79 Å². The van der Waals surface area contributed by atoms with Crippen molar-refractivity contribution >= 4 is 23.5 Å². The molecule has 1 aromatic carbocycles. The van der Waals surface area contributed by atoms with Crippen molar-refractivity contribution in [1.82, 2.24) is 15.5 Å². The van der Waals surface area contributed by atoms with Gasteiger partial charge in [0.05, 0.1) is 6.04 Å². The van der Waals surface area contributed by atoms with Gasteiger partial charge in [-0.05, 0) is 31.7 Å². The van der Waals surface area contributed by atoms with Crippen molar-refractivity contribution in [2.45, 2.75) is 44.2 Å². The minimum Gasteiger partial charge on any atom is -0.353 e. The molecule has 5 nitrogen and oxygen atoms in total. The first-order chi connectivity index (χ1) is 13.6. The molecule has 2 N–H and O–H groups in total. The van der Waals surface area contributed by atoms with Crippen LogP contribution in [-0.4, -0.2) is 41.9 Å². The SMILES string of the molecule is C[C@@H]1C(=O)NCCN1C(=O)N[C@@H](c1ccc(F)c(Cl)c1F)C1CC2(C1)CC2(F)F. The van der Waals surface area contributed by atoms with Gasteiger partial charge in [-0.2, -0.15) is 0 Å². The maximum Gasteiger partial charge on any atom is 0.318 e. The molecule has 2 aliphatic carbocycles. The lowest BCUT2D eigenvalue weighted by molar-refractivity contribution is -0.127. The molecule has 3 fully saturated rings. The van der Waals surface area contributed by atoms with E-state index in [4.69, 9.17) is 11.6 Å². The smallest absolute Gasteiger partial charge is 0.318 e. The van der Waals surface area contributed by atoms with Crippen LogP contribution in [0.3, 0.4) is 0 Å². The standard InChI is InChI=1S/C19H20ClF4N3O2/c1-9-16(28)25-4-5-27(9)17(29)26-15(10-6-18(7-10)8-19(18,23)24)11-2-3-12(21)13(20)14(11)22/h2-3,9-10,15H,4-8H2,1H3,(H,25,28)(H,26,29)/t9-,10?,15-,18?/m1/s1. The molecule has 4 rings (SSSR count). The van der Waals surface area contributed by atoms with E-state index in [1.54, 1.807) is 6.92 Å². The number of hydrogen-bond acceptors (Lipinski definition) is 2. The second-order valence-corrected chi connectivity index (χ2v) is 8.56. The van der Waals surface area contributed by atoms with E-state index in [1.807, 2.05) is 0 Å². The summed E-state index contributed by atoms with van der Waals surface area (Å²) in [5.74, 6) is -5.48. The number of urea groups is 1. The second kappa shape index (κ2) is 6.75. The highest BCUT2D eigenvalue weighted by molar-refractivity contribution is 6.31. The van der Waals surface area contributed by atoms with Gasteiger partial charge in [-0.25, -0.2) is 22.4 Å². The summed E-state index contributed by atoms with van der Waals surface area (Å²) < 4.78 is 55.5. The number of carbonyl (C=O) groups is 2. The van der Waals surface area contributed by atoms with E-state index in [0.717, 1.165) is 6.07 Å². The van der Waals surface area contributed by atoms with Crippen LogP contribution in [0.5, 0.6) is 0 Å². The minimum atomic E-state index is -2.74. The second-order valence-electron chi connectivity index (χ2n) is 8.18. The Balaban J connectivity index is 1.59. The molecule has 0 aromatic heterocycles. The molecule has 10 heteroatoms. The highest BCUT2D eigenvalue weighted by Gasteiger charge is 2.76. The fourth-order valence-corrected chi connectivity index (χ4v) is 4.68. The summed E-state index contributed by atoms with van der Waals surface area (Å²) in [6.07, 6.45) is 0.0258. The molecule has 0 radical (unpaired) electrons. The molecule has 29 heavy (non-hydrogen) atoms. The summed E-state index contributed by atoms with van der Waals surface area (Å²) in [6, 6.07) is -0.145. The molecular formula is C19H20ClF4N3O2. The topological polar surface area (TPSA) is 61.4 Å². The first-order valence-electron chi connectivity index (χ1n) is 9.42. The van der Waals surface area contributed by atoms with Gasteiger partial charge < -0.3 is 15.5 Å². The lowest BCUT2D eigenvalue weighted by atomic mass is 9.66. The number of amides is 3. The molecule has 2 atom stereocenters. The van der Waals surface area contributed by atoms with Crippen molar-refractivity contribution in [1.29, 1.82) is 0 Å². The lowest BCUT2D eigenvalue weighted by Crippen LogP contribution is -2.59. The van der Waals surface area contributed by atoms with Crippen LogP contribution < -0.4 is 10.6 Å². The van der Waals surface area contributed by atoms with E-state index in [0.29, 0.717) is 0 Å². The van der Waals surface area contributed by atoms with Gasteiger partial charge in [0.15, 0.2) is 0 Å². The van der Waals surface area contributed by atoms with Crippen LogP contribution in [0, 0.1) is 23.0 Å². The molecule has 1 heterocycles. The van der Waals surface area contributed by atoms with Crippen LogP contribution in [0.4, 0.5) is 22.4 Å². The Morgan fingerprint density at radius 3 is 2.62 bits per heavy atom. The number of benzene rings is 1. The normalized spacial score (nSPS) is 31.1. The van der Waals surface area contributed by atoms with Crippen molar-refractivity contribution in [2.24, 2.45) is 11.3 Å². The molecule has 0 unspecified atom stereocenters. The number of carbonyl (C=O) groups excluding carboxylic acids is 2. The summed E-state index contributed by atoms with van der Waals surface area (Å²) >= 11 is 5.69. The Morgan fingerprint density at radius 2 is 2.00 bits per heavy atom. The molecule has 1 saturated heterocycles. The zero-order valence-corrected chi connectivity index (χ0v) is 16.3. The van der Waals surface area contributed by atoms with Gasteiger partial charge in [-0.1, -0.05) is 17.7 Å². The van der Waals surface area contributed by atoms with Crippen molar-refractivity contribution in [3.8, 4) is 0 Å². The zero-order valence-electron chi connectivity index (χ0n) is 15.6. The fraction of sp³-hybridized carbons (Fsp3) is 0.579. The van der Waals surface area contributed by atoms with E-state index in [1.165, 1.54) is 11.0 Å². The van der Waals surface area contributed by atoms with Gasteiger partial charge in [0.25, 0.3) is 5.92 Å². The third-order valence-corrected chi connectivity index (χ3v) is 6.77.